The van der Waals surface area contributed by atoms with Gasteiger partial charge in [-0.25, -0.2) is 9.78 Å². The molecule has 2 saturated heterocycles. The van der Waals surface area contributed by atoms with Crippen molar-refractivity contribution in [1.82, 2.24) is 19.5 Å². The number of piperazine rings is 1. The number of aliphatic carboxylic acids is 1. The zero-order valence-electron chi connectivity index (χ0n) is 20.4. The summed E-state index contributed by atoms with van der Waals surface area (Å²) >= 11 is 0. The summed E-state index contributed by atoms with van der Waals surface area (Å²) in [6, 6.07) is 20.8. The minimum absolute atomic E-state index is 0.229. The van der Waals surface area contributed by atoms with Gasteiger partial charge in [0, 0.05) is 42.5 Å². The highest BCUT2D eigenvalue weighted by Crippen LogP contribution is 2.40. The lowest BCUT2D eigenvalue weighted by Gasteiger charge is -2.42. The number of likely N-dealkylation sites (tertiary alicyclic amines) is 1. The van der Waals surface area contributed by atoms with E-state index in [0.717, 1.165) is 48.3 Å². The van der Waals surface area contributed by atoms with Gasteiger partial charge in [0.05, 0.1) is 11.3 Å². The molecule has 2 aromatic carbocycles. The van der Waals surface area contributed by atoms with Crippen molar-refractivity contribution in [1.29, 1.82) is 0 Å². The quantitative estimate of drug-likeness (QED) is 0.446. The number of aryl methyl sites for hydroxylation is 1. The molecule has 184 valence electrons. The minimum atomic E-state index is -1.68. The van der Waals surface area contributed by atoms with Crippen molar-refractivity contribution >= 4 is 17.4 Å². The van der Waals surface area contributed by atoms with Gasteiger partial charge in [0.15, 0.2) is 11.8 Å². The van der Waals surface area contributed by atoms with Crippen LogP contribution in [0, 0.1) is 6.92 Å². The highest BCUT2D eigenvalue weighted by molar-refractivity contribution is 5.79. The third-order valence-corrected chi connectivity index (χ3v) is 7.49. The Morgan fingerprint density at radius 2 is 1.64 bits per heavy atom. The monoisotopic (exact) mass is 483 g/mol. The second-order valence-electron chi connectivity index (χ2n) is 9.94. The molecule has 2 fully saturated rings. The number of aromatic nitrogens is 3. The predicted molar refractivity (Wildman–Crippen MR) is 138 cm³/mol. The third-order valence-electron chi connectivity index (χ3n) is 7.49. The van der Waals surface area contributed by atoms with Crippen molar-refractivity contribution < 1.29 is 15.0 Å². The number of aliphatic hydroxyl groups is 1. The Bertz CT molecular complexity index is 1440. The van der Waals surface area contributed by atoms with Crippen LogP contribution in [0.4, 0.5) is 5.82 Å². The van der Waals surface area contributed by atoms with Crippen LogP contribution in [0.15, 0.2) is 60.7 Å². The van der Waals surface area contributed by atoms with Gasteiger partial charge in [-0.05, 0) is 44.0 Å². The molecule has 8 heteroatoms. The van der Waals surface area contributed by atoms with E-state index in [1.807, 2.05) is 36.4 Å². The Morgan fingerprint density at radius 1 is 0.972 bits per heavy atom. The van der Waals surface area contributed by atoms with Gasteiger partial charge in [-0.15, -0.1) is 0 Å². The van der Waals surface area contributed by atoms with Gasteiger partial charge in [0.1, 0.15) is 5.82 Å². The van der Waals surface area contributed by atoms with Crippen molar-refractivity contribution in [3.63, 3.8) is 0 Å². The number of likely N-dealkylation sites (N-methyl/N-ethyl adjacent to an activating group) is 1. The smallest absolute Gasteiger partial charge is 0.337 e. The fourth-order valence-electron chi connectivity index (χ4n) is 5.90. The predicted octanol–water partition coefficient (Wildman–Crippen LogP) is 3.77. The van der Waals surface area contributed by atoms with Crippen LogP contribution in [0.3, 0.4) is 0 Å². The van der Waals surface area contributed by atoms with Gasteiger partial charge in [-0.3, -0.25) is 0 Å². The maximum Gasteiger partial charge on any atom is 0.337 e. The second-order valence-corrected chi connectivity index (χ2v) is 9.94. The minimum Gasteiger partial charge on any atom is -0.479 e. The number of benzene rings is 2. The maximum absolute atomic E-state index is 11.9. The first-order valence-corrected chi connectivity index (χ1v) is 12.3. The fraction of sp³-hybridized carbons (Fsp3) is 0.321. The topological polar surface area (TPSA) is 94.2 Å². The number of anilines is 1. The first-order chi connectivity index (χ1) is 17.4. The number of carbonyl (C=O) groups is 1. The number of fused-ring (bicyclic) bond motifs is 3. The molecule has 0 amide bonds. The van der Waals surface area contributed by atoms with E-state index in [1.54, 1.807) is 11.4 Å². The van der Waals surface area contributed by atoms with Crippen molar-refractivity contribution in [2.24, 2.45) is 0 Å². The van der Waals surface area contributed by atoms with Gasteiger partial charge >= 0.3 is 5.97 Å². The highest BCUT2D eigenvalue weighted by Gasteiger charge is 2.42. The van der Waals surface area contributed by atoms with Crippen LogP contribution < -0.4 is 4.90 Å². The van der Waals surface area contributed by atoms with Crippen molar-refractivity contribution in [2.45, 2.75) is 38.0 Å². The van der Waals surface area contributed by atoms with E-state index in [9.17, 15) is 15.0 Å². The van der Waals surface area contributed by atoms with Crippen LogP contribution in [-0.4, -0.2) is 67.9 Å². The maximum atomic E-state index is 11.9. The fourth-order valence-corrected chi connectivity index (χ4v) is 5.90. The summed E-state index contributed by atoms with van der Waals surface area (Å²) in [6.45, 7) is 3.54. The molecule has 0 radical (unpaired) electrons. The number of hydrogen-bond acceptors (Lipinski definition) is 6. The van der Waals surface area contributed by atoms with Gasteiger partial charge in [0.2, 0.25) is 0 Å². The van der Waals surface area contributed by atoms with Crippen molar-refractivity contribution in [3.05, 3.63) is 71.9 Å². The molecule has 2 bridgehead atoms. The molecule has 2 aliphatic heterocycles. The lowest BCUT2D eigenvalue weighted by molar-refractivity contribution is -0.147. The third kappa shape index (κ3) is 3.73. The van der Waals surface area contributed by atoms with E-state index in [0.29, 0.717) is 22.7 Å². The number of carboxylic acids is 1. The van der Waals surface area contributed by atoms with E-state index in [1.165, 1.54) is 0 Å². The van der Waals surface area contributed by atoms with Crippen LogP contribution in [0.2, 0.25) is 0 Å². The van der Waals surface area contributed by atoms with Gasteiger partial charge in [-0.2, -0.15) is 9.61 Å². The molecular weight excluding hydrogens is 454 g/mol. The largest absolute Gasteiger partial charge is 0.479 e. The van der Waals surface area contributed by atoms with E-state index in [-0.39, 0.29) is 12.1 Å². The lowest BCUT2D eigenvalue weighted by atomic mass is 10.0. The van der Waals surface area contributed by atoms with Crippen LogP contribution in [-0.2, 0) is 4.79 Å². The molecular formula is C28H29N5O3. The first kappa shape index (κ1) is 22.7. The number of hydrogen-bond donors (Lipinski definition) is 2. The second kappa shape index (κ2) is 8.72. The van der Waals surface area contributed by atoms with E-state index in [4.69, 9.17) is 5.10 Å². The van der Waals surface area contributed by atoms with Gasteiger partial charge in [-0.1, -0.05) is 48.5 Å². The van der Waals surface area contributed by atoms with Crippen LogP contribution in [0.5, 0.6) is 0 Å². The number of carboxylic acid groups (broad SMARTS) is 1. The van der Waals surface area contributed by atoms with Crippen LogP contribution in [0.1, 0.15) is 30.2 Å². The molecule has 2 N–H and O–H groups in total. The van der Waals surface area contributed by atoms with Crippen molar-refractivity contribution in [2.75, 3.05) is 25.0 Å². The number of rotatable bonds is 5. The summed E-state index contributed by atoms with van der Waals surface area (Å²) in [4.78, 5) is 21.2. The molecule has 2 unspecified atom stereocenters. The first-order valence-electron chi connectivity index (χ1n) is 12.3. The van der Waals surface area contributed by atoms with E-state index in [2.05, 4.69) is 46.1 Å². The summed E-state index contributed by atoms with van der Waals surface area (Å²) in [5.41, 5.74) is 5.39. The average Bonchev–Trinajstić information content (AvgIpc) is 3.41. The molecule has 2 aromatic heterocycles. The molecule has 3 atom stereocenters. The SMILES string of the molecule is Cc1nc2cc(-c3cccc(-c4ccccc4)c3)nn2c(N2C3CCC2CN(C)C3)c1[C@H](O)C(=O)O. The summed E-state index contributed by atoms with van der Waals surface area (Å²) < 4.78 is 1.75. The Kier molecular flexibility index (Phi) is 5.50. The Balaban J connectivity index is 1.53. The summed E-state index contributed by atoms with van der Waals surface area (Å²) in [6.07, 6.45) is 0.367. The summed E-state index contributed by atoms with van der Waals surface area (Å²) in [7, 11) is 2.12. The Labute approximate surface area is 209 Å². The molecule has 4 aromatic rings. The Hall–Kier alpha value is -3.75. The standard InChI is InChI=1S/C28H29N5O3/c1-17-25(26(34)28(35)36)27(32-21-11-12-22(32)16-31(2)15-21)33-24(29-17)14-23(30-33)20-10-6-9-19(13-20)18-7-4-3-5-8-18/h3-10,13-14,21-22,26,34H,11-12,15-16H2,1-2H3,(H,35,36)/t21?,22?,26-/m0/s1. The summed E-state index contributed by atoms with van der Waals surface area (Å²) in [5, 5.41) is 25.4. The zero-order valence-corrected chi connectivity index (χ0v) is 20.4. The molecule has 0 saturated carbocycles. The van der Waals surface area contributed by atoms with Crippen molar-refractivity contribution in [3.8, 4) is 22.4 Å². The number of nitrogens with zero attached hydrogens (tertiary/aromatic N) is 5. The van der Waals surface area contributed by atoms with Crippen LogP contribution >= 0.6 is 0 Å². The Morgan fingerprint density at radius 3 is 2.33 bits per heavy atom. The van der Waals surface area contributed by atoms with Gasteiger partial charge < -0.3 is 20.0 Å². The average molecular weight is 484 g/mol. The normalized spacial score (nSPS) is 20.7. The number of aliphatic hydroxyl groups excluding tert-OH is 1. The highest BCUT2D eigenvalue weighted by atomic mass is 16.4. The molecule has 6 rings (SSSR count). The van der Waals surface area contributed by atoms with E-state index < -0.39 is 12.1 Å². The van der Waals surface area contributed by atoms with Crippen LogP contribution in [0.25, 0.3) is 28.0 Å². The summed E-state index contributed by atoms with van der Waals surface area (Å²) in [5.74, 6) is -0.636. The lowest BCUT2D eigenvalue weighted by Crippen LogP contribution is -2.53. The molecule has 0 spiro atoms. The molecule has 36 heavy (non-hydrogen) atoms. The van der Waals surface area contributed by atoms with E-state index >= 15 is 0 Å². The molecule has 8 nitrogen and oxygen atoms in total. The molecule has 2 aliphatic rings. The molecule has 4 heterocycles. The molecule has 0 aliphatic carbocycles. The van der Waals surface area contributed by atoms with Gasteiger partial charge in [0.25, 0.3) is 0 Å². The zero-order chi connectivity index (χ0) is 25.0.